The van der Waals surface area contributed by atoms with Crippen LogP contribution in [0.5, 0.6) is 0 Å². The lowest BCUT2D eigenvalue weighted by Crippen LogP contribution is -2.47. The second kappa shape index (κ2) is 4.04. The summed E-state index contributed by atoms with van der Waals surface area (Å²) in [4.78, 5) is 14.7. The van der Waals surface area contributed by atoms with Gasteiger partial charge < -0.3 is 4.90 Å². The third-order valence-electron chi connectivity index (χ3n) is 5.01. The van der Waals surface area contributed by atoms with Crippen LogP contribution in [0.2, 0.25) is 0 Å². The van der Waals surface area contributed by atoms with Crippen molar-refractivity contribution < 1.29 is 9.18 Å². The van der Waals surface area contributed by atoms with E-state index in [-0.39, 0.29) is 23.4 Å². The SMILES string of the molecule is CC1CC(N2C(=O)C3(CC3)NC2c2ccc(F)cc2)C1. The van der Waals surface area contributed by atoms with E-state index in [1.54, 1.807) is 12.1 Å². The maximum absolute atomic E-state index is 13.1. The summed E-state index contributed by atoms with van der Waals surface area (Å²) in [6, 6.07) is 6.87. The molecule has 3 nitrogen and oxygen atoms in total. The largest absolute Gasteiger partial charge is 0.318 e. The van der Waals surface area contributed by atoms with E-state index in [0.29, 0.717) is 12.0 Å². The Labute approximate surface area is 118 Å². The molecule has 1 spiro atoms. The quantitative estimate of drug-likeness (QED) is 0.899. The summed E-state index contributed by atoms with van der Waals surface area (Å²) >= 11 is 0. The maximum atomic E-state index is 13.1. The molecule has 1 atom stereocenters. The number of hydrogen-bond donors (Lipinski definition) is 1. The number of benzene rings is 1. The molecular weight excluding hydrogens is 255 g/mol. The maximum Gasteiger partial charge on any atom is 0.244 e. The first-order valence-electron chi connectivity index (χ1n) is 7.45. The van der Waals surface area contributed by atoms with Gasteiger partial charge in [0, 0.05) is 6.04 Å². The monoisotopic (exact) mass is 274 g/mol. The molecule has 1 amide bonds. The minimum atomic E-state index is -0.308. The zero-order chi connectivity index (χ0) is 13.9. The smallest absolute Gasteiger partial charge is 0.244 e. The Hall–Kier alpha value is -1.42. The molecule has 1 aliphatic heterocycles. The van der Waals surface area contributed by atoms with Crippen molar-refractivity contribution in [2.75, 3.05) is 0 Å². The molecule has 1 aromatic rings. The van der Waals surface area contributed by atoms with Crippen LogP contribution >= 0.6 is 0 Å². The van der Waals surface area contributed by atoms with E-state index in [4.69, 9.17) is 0 Å². The first-order valence-corrected chi connectivity index (χ1v) is 7.45. The van der Waals surface area contributed by atoms with Crippen molar-refractivity contribution in [2.24, 2.45) is 5.92 Å². The highest BCUT2D eigenvalue weighted by molar-refractivity contribution is 5.92. The Balaban J connectivity index is 1.65. The Bertz CT molecular complexity index is 546. The summed E-state index contributed by atoms with van der Waals surface area (Å²) in [6.45, 7) is 2.23. The predicted molar refractivity (Wildman–Crippen MR) is 73.3 cm³/mol. The van der Waals surface area contributed by atoms with Gasteiger partial charge in [-0.15, -0.1) is 0 Å². The number of nitrogens with one attached hydrogen (secondary N) is 1. The van der Waals surface area contributed by atoms with Crippen molar-refractivity contribution >= 4 is 5.91 Å². The minimum absolute atomic E-state index is 0.0805. The number of carbonyl (C=O) groups excluding carboxylic acids is 1. The molecule has 1 unspecified atom stereocenters. The molecule has 2 aliphatic carbocycles. The van der Waals surface area contributed by atoms with E-state index in [1.165, 1.54) is 12.1 Å². The molecule has 3 fully saturated rings. The molecule has 1 aromatic carbocycles. The van der Waals surface area contributed by atoms with Crippen LogP contribution in [0, 0.1) is 11.7 Å². The molecule has 1 N–H and O–H groups in total. The standard InChI is InChI=1S/C16H19FN2O/c1-10-8-13(9-10)19-14(11-2-4-12(17)5-3-11)18-16(6-7-16)15(19)20/h2-5,10,13-14,18H,6-9H2,1H3. The van der Waals surface area contributed by atoms with Crippen LogP contribution in [0.25, 0.3) is 0 Å². The number of nitrogens with zero attached hydrogens (tertiary/aromatic N) is 1. The molecule has 4 heteroatoms. The van der Waals surface area contributed by atoms with E-state index in [9.17, 15) is 9.18 Å². The topological polar surface area (TPSA) is 32.3 Å². The fourth-order valence-electron chi connectivity index (χ4n) is 3.59. The molecule has 20 heavy (non-hydrogen) atoms. The number of halogens is 1. The Morgan fingerprint density at radius 2 is 1.90 bits per heavy atom. The summed E-state index contributed by atoms with van der Waals surface area (Å²) in [5.41, 5.74) is 0.681. The highest BCUT2D eigenvalue weighted by atomic mass is 19.1. The van der Waals surface area contributed by atoms with Gasteiger partial charge in [0.1, 0.15) is 17.5 Å². The molecule has 1 saturated heterocycles. The van der Waals surface area contributed by atoms with E-state index < -0.39 is 0 Å². The van der Waals surface area contributed by atoms with Gasteiger partial charge in [-0.1, -0.05) is 19.1 Å². The molecule has 0 aromatic heterocycles. The van der Waals surface area contributed by atoms with Crippen molar-refractivity contribution in [3.63, 3.8) is 0 Å². The lowest BCUT2D eigenvalue weighted by Gasteiger charge is -2.42. The van der Waals surface area contributed by atoms with Crippen LogP contribution in [-0.2, 0) is 4.79 Å². The number of rotatable bonds is 2. The van der Waals surface area contributed by atoms with Crippen molar-refractivity contribution in [2.45, 2.75) is 50.4 Å². The lowest BCUT2D eigenvalue weighted by molar-refractivity contribution is -0.135. The second-order valence-electron chi connectivity index (χ2n) is 6.62. The van der Waals surface area contributed by atoms with Crippen LogP contribution in [-0.4, -0.2) is 22.4 Å². The van der Waals surface area contributed by atoms with Crippen molar-refractivity contribution in [3.05, 3.63) is 35.6 Å². The predicted octanol–water partition coefficient (Wildman–Crippen LogP) is 2.59. The molecule has 106 valence electrons. The fraction of sp³-hybridized carbons (Fsp3) is 0.562. The third kappa shape index (κ3) is 1.71. The van der Waals surface area contributed by atoms with Gasteiger partial charge in [0.15, 0.2) is 0 Å². The molecule has 1 heterocycles. The van der Waals surface area contributed by atoms with E-state index in [2.05, 4.69) is 12.2 Å². The average molecular weight is 274 g/mol. The highest BCUT2D eigenvalue weighted by Gasteiger charge is 2.61. The Morgan fingerprint density at radius 3 is 2.45 bits per heavy atom. The number of carbonyl (C=O) groups is 1. The summed E-state index contributed by atoms with van der Waals surface area (Å²) in [5, 5.41) is 3.49. The summed E-state index contributed by atoms with van der Waals surface area (Å²) in [7, 11) is 0. The zero-order valence-corrected chi connectivity index (χ0v) is 11.6. The minimum Gasteiger partial charge on any atom is -0.318 e. The third-order valence-corrected chi connectivity index (χ3v) is 5.01. The molecule has 0 radical (unpaired) electrons. The van der Waals surface area contributed by atoms with Crippen LogP contribution in [0.1, 0.15) is 44.3 Å². The van der Waals surface area contributed by atoms with Gasteiger partial charge in [0.25, 0.3) is 0 Å². The van der Waals surface area contributed by atoms with E-state index >= 15 is 0 Å². The molecule has 0 bridgehead atoms. The van der Waals surface area contributed by atoms with Crippen LogP contribution < -0.4 is 5.32 Å². The van der Waals surface area contributed by atoms with Gasteiger partial charge in [-0.05, 0) is 49.3 Å². The average Bonchev–Trinajstić information content (AvgIpc) is 3.11. The van der Waals surface area contributed by atoms with Crippen LogP contribution in [0.4, 0.5) is 4.39 Å². The van der Waals surface area contributed by atoms with Gasteiger partial charge in [-0.3, -0.25) is 10.1 Å². The first-order chi connectivity index (χ1) is 9.59. The van der Waals surface area contributed by atoms with Crippen molar-refractivity contribution in [3.8, 4) is 0 Å². The number of hydrogen-bond acceptors (Lipinski definition) is 2. The Kier molecular flexibility index (Phi) is 2.49. The second-order valence-corrected chi connectivity index (χ2v) is 6.62. The van der Waals surface area contributed by atoms with Gasteiger partial charge >= 0.3 is 0 Å². The van der Waals surface area contributed by atoms with Gasteiger partial charge in [0.05, 0.1) is 0 Å². The van der Waals surface area contributed by atoms with Gasteiger partial charge in [-0.25, -0.2) is 4.39 Å². The highest BCUT2D eigenvalue weighted by Crippen LogP contribution is 2.49. The molecule has 4 rings (SSSR count). The summed E-state index contributed by atoms with van der Waals surface area (Å²) in [6.07, 6.45) is 3.95. The molecular formula is C16H19FN2O. The zero-order valence-electron chi connectivity index (χ0n) is 11.6. The van der Waals surface area contributed by atoms with Crippen LogP contribution in [0.15, 0.2) is 24.3 Å². The number of amides is 1. The van der Waals surface area contributed by atoms with E-state index in [0.717, 1.165) is 31.2 Å². The molecule has 2 saturated carbocycles. The Morgan fingerprint density at radius 1 is 1.25 bits per heavy atom. The van der Waals surface area contributed by atoms with Crippen molar-refractivity contribution in [1.29, 1.82) is 0 Å². The van der Waals surface area contributed by atoms with Crippen LogP contribution in [0.3, 0.4) is 0 Å². The fourth-order valence-corrected chi connectivity index (χ4v) is 3.59. The van der Waals surface area contributed by atoms with Gasteiger partial charge in [0.2, 0.25) is 5.91 Å². The van der Waals surface area contributed by atoms with Gasteiger partial charge in [-0.2, -0.15) is 0 Å². The summed E-state index contributed by atoms with van der Waals surface area (Å²) in [5.74, 6) is 0.726. The van der Waals surface area contributed by atoms with E-state index in [1.807, 2.05) is 4.90 Å². The normalized spacial score (nSPS) is 34.4. The summed E-state index contributed by atoms with van der Waals surface area (Å²) < 4.78 is 13.1. The lowest BCUT2D eigenvalue weighted by atomic mass is 9.80. The molecule has 3 aliphatic rings. The first kappa shape index (κ1) is 12.3. The van der Waals surface area contributed by atoms with Crippen molar-refractivity contribution in [1.82, 2.24) is 10.2 Å².